The van der Waals surface area contributed by atoms with Crippen molar-refractivity contribution in [2.45, 2.75) is 45.1 Å². The predicted octanol–water partition coefficient (Wildman–Crippen LogP) is 6.25. The summed E-state index contributed by atoms with van der Waals surface area (Å²) < 4.78 is 11.1. The molecular formula is C31H32ClNO6. The van der Waals surface area contributed by atoms with E-state index in [4.69, 9.17) is 21.1 Å². The fourth-order valence-corrected chi connectivity index (χ4v) is 6.57. The van der Waals surface area contributed by atoms with E-state index in [0.29, 0.717) is 35.8 Å². The number of hydrogen-bond acceptors (Lipinski definition) is 6. The van der Waals surface area contributed by atoms with Crippen molar-refractivity contribution in [3.8, 4) is 5.75 Å². The first kappa shape index (κ1) is 27.2. The van der Waals surface area contributed by atoms with Crippen molar-refractivity contribution in [2.75, 3.05) is 13.7 Å². The molecule has 2 aromatic carbocycles. The molecule has 0 saturated carbocycles. The summed E-state index contributed by atoms with van der Waals surface area (Å²) in [7, 11) is 1.18. The van der Waals surface area contributed by atoms with Crippen LogP contribution in [0.3, 0.4) is 0 Å². The van der Waals surface area contributed by atoms with Crippen molar-refractivity contribution in [2.24, 2.45) is 17.8 Å². The molecule has 0 unspecified atom stereocenters. The van der Waals surface area contributed by atoms with Crippen molar-refractivity contribution in [1.29, 1.82) is 0 Å². The van der Waals surface area contributed by atoms with E-state index >= 15 is 0 Å². The Labute approximate surface area is 233 Å². The third-order valence-corrected chi connectivity index (χ3v) is 8.38. The number of carbonyl (C=O) groups is 3. The lowest BCUT2D eigenvalue weighted by Gasteiger charge is -2.32. The molecule has 3 amide bonds. The van der Waals surface area contributed by atoms with E-state index in [2.05, 4.69) is 19.1 Å². The molecule has 5 rings (SSSR count). The molecule has 4 atom stereocenters. The molecule has 7 nitrogen and oxygen atoms in total. The molecule has 0 spiro atoms. The lowest BCUT2D eigenvalue weighted by Crippen LogP contribution is -2.38. The number of carbonyl (C=O) groups excluding carboxylic acids is 3. The van der Waals surface area contributed by atoms with Gasteiger partial charge < -0.3 is 14.6 Å². The molecule has 2 saturated heterocycles. The van der Waals surface area contributed by atoms with E-state index in [0.717, 1.165) is 35.1 Å². The van der Waals surface area contributed by atoms with Crippen LogP contribution in [-0.4, -0.2) is 47.7 Å². The van der Waals surface area contributed by atoms with Gasteiger partial charge in [-0.25, -0.2) is 4.79 Å². The summed E-state index contributed by atoms with van der Waals surface area (Å²) in [6, 6.07) is 15.0. The summed E-state index contributed by atoms with van der Waals surface area (Å²) in [5.41, 5.74) is 5.24. The predicted molar refractivity (Wildman–Crippen MR) is 148 cm³/mol. The second kappa shape index (κ2) is 11.4. The van der Waals surface area contributed by atoms with Crippen molar-refractivity contribution in [3.05, 3.63) is 75.8 Å². The molecule has 1 N–H and O–H groups in total. The number of nitrogens with zero attached hydrogens (tertiary/aromatic N) is 1. The van der Waals surface area contributed by atoms with Crippen LogP contribution in [0, 0.1) is 17.8 Å². The van der Waals surface area contributed by atoms with Crippen molar-refractivity contribution in [1.82, 2.24) is 4.90 Å². The van der Waals surface area contributed by atoms with Crippen LogP contribution >= 0.6 is 11.6 Å². The van der Waals surface area contributed by atoms with Gasteiger partial charge in [-0.1, -0.05) is 60.9 Å². The molecule has 2 aromatic rings. The van der Waals surface area contributed by atoms with Gasteiger partial charge in [0.2, 0.25) is 11.8 Å². The number of fused-ring (bicyclic) bond motifs is 3. The quantitative estimate of drug-likeness (QED) is 0.249. The van der Waals surface area contributed by atoms with Crippen LogP contribution in [0.2, 0.25) is 5.02 Å². The van der Waals surface area contributed by atoms with Gasteiger partial charge in [-0.2, -0.15) is 4.90 Å². The maximum absolute atomic E-state index is 13.3. The van der Waals surface area contributed by atoms with Crippen molar-refractivity contribution < 1.29 is 29.0 Å². The topological polar surface area (TPSA) is 93.1 Å². The third kappa shape index (κ3) is 5.13. The summed E-state index contributed by atoms with van der Waals surface area (Å²) in [5, 5.41) is 10.2. The van der Waals surface area contributed by atoms with E-state index in [-0.39, 0.29) is 17.8 Å². The number of allylic oxidation sites excluding steroid dienone is 2. The van der Waals surface area contributed by atoms with Gasteiger partial charge in [-0.05, 0) is 72.2 Å². The molecule has 8 heteroatoms. The first-order valence-corrected chi connectivity index (χ1v) is 13.8. The molecule has 1 aliphatic carbocycles. The third-order valence-electron chi connectivity index (χ3n) is 8.05. The van der Waals surface area contributed by atoms with E-state index in [1.54, 1.807) is 12.1 Å². The first-order chi connectivity index (χ1) is 18.8. The van der Waals surface area contributed by atoms with Gasteiger partial charge in [0.1, 0.15) is 5.75 Å². The smallest absolute Gasteiger partial charge is 0.423 e. The number of hydrogen-bond donors (Lipinski definition) is 1. The summed E-state index contributed by atoms with van der Waals surface area (Å²) in [4.78, 5) is 39.3. The van der Waals surface area contributed by atoms with E-state index in [1.165, 1.54) is 18.7 Å². The zero-order valence-corrected chi connectivity index (χ0v) is 22.8. The average molecular weight is 550 g/mol. The fraction of sp³-hybridized carbons (Fsp3) is 0.387. The molecule has 2 aliphatic heterocycles. The number of likely N-dealkylation sites (tertiary alicyclic amines) is 1. The Hall–Kier alpha value is -3.42. The molecule has 39 heavy (non-hydrogen) atoms. The van der Waals surface area contributed by atoms with Crippen LogP contribution in [0.25, 0.3) is 11.6 Å². The molecule has 0 aromatic heterocycles. The number of halogens is 1. The summed E-state index contributed by atoms with van der Waals surface area (Å²) in [5.74, 6) is -2.21. The van der Waals surface area contributed by atoms with Crippen molar-refractivity contribution >= 4 is 41.2 Å². The Morgan fingerprint density at radius 3 is 2.62 bits per heavy atom. The highest BCUT2D eigenvalue weighted by molar-refractivity contribution is 6.32. The Morgan fingerprint density at radius 1 is 1.15 bits per heavy atom. The maximum atomic E-state index is 13.3. The van der Waals surface area contributed by atoms with E-state index in [1.807, 2.05) is 24.3 Å². The zero-order valence-electron chi connectivity index (χ0n) is 22.1. The fourth-order valence-electron chi connectivity index (χ4n) is 6.34. The first-order valence-electron chi connectivity index (χ1n) is 13.4. The minimum absolute atomic E-state index is 0.112. The number of methoxy groups -OCH3 is 1. The van der Waals surface area contributed by atoms with Gasteiger partial charge in [0.05, 0.1) is 36.7 Å². The molecule has 204 valence electrons. The number of benzene rings is 2. The van der Waals surface area contributed by atoms with Crippen LogP contribution in [-0.2, 0) is 19.1 Å². The minimum atomic E-state index is -0.918. The number of imide groups is 3. The Morgan fingerprint density at radius 2 is 1.92 bits per heavy atom. The number of ether oxygens (including phenoxy) is 2. The number of amides is 3. The van der Waals surface area contributed by atoms with Gasteiger partial charge in [0, 0.05) is 5.92 Å². The summed E-state index contributed by atoms with van der Waals surface area (Å²) in [6.07, 6.45) is 4.51. The molecule has 3 aliphatic rings. The van der Waals surface area contributed by atoms with Crippen LogP contribution < -0.4 is 0 Å². The highest BCUT2D eigenvalue weighted by Crippen LogP contribution is 2.51. The molecule has 0 bridgehead atoms. The summed E-state index contributed by atoms with van der Waals surface area (Å²) in [6.45, 7) is 2.44. The zero-order chi connectivity index (χ0) is 27.7. The average Bonchev–Trinajstić information content (AvgIpc) is 3.46. The SMILES string of the molecule is CCCC1=C2[C@@H](CC/C(=C/c3ccc(O)cc3Cl)c3ccccc3)OC[C@@H]2[C@@H]2C(=O)N(C(=O)OC)C(=O)[C@@H]2C1. The van der Waals surface area contributed by atoms with Crippen LogP contribution in [0.5, 0.6) is 5.75 Å². The second-order valence-corrected chi connectivity index (χ2v) is 10.7. The highest BCUT2D eigenvalue weighted by Gasteiger charge is 2.58. The molecule has 2 heterocycles. The van der Waals surface area contributed by atoms with Gasteiger partial charge in [-0.3, -0.25) is 9.59 Å². The number of phenolic OH excluding ortho intramolecular Hbond substituents is 1. The van der Waals surface area contributed by atoms with Gasteiger partial charge >= 0.3 is 6.09 Å². The number of rotatable bonds is 7. The minimum Gasteiger partial charge on any atom is -0.508 e. The normalized spacial score (nSPS) is 24.7. The monoisotopic (exact) mass is 549 g/mol. The Kier molecular flexibility index (Phi) is 7.91. The summed E-state index contributed by atoms with van der Waals surface area (Å²) >= 11 is 6.42. The standard InChI is InChI=1S/C31H32ClNO6/c1-3-7-21-15-23-28(30(36)33(29(23)35)31(37)38-2)24-17-39-26(27(21)24)13-11-19(18-8-5-4-6-9-18)14-20-10-12-22(34)16-25(20)32/h4-6,8-10,12,14,16,23-24,26,28,34H,3,7,11,13,15,17H2,1-2H3/b19-14-/t23-,24+,26-,28-/m1/s1. The van der Waals surface area contributed by atoms with Gasteiger partial charge in [0.15, 0.2) is 0 Å². The lowest BCUT2D eigenvalue weighted by molar-refractivity contribution is -0.137. The van der Waals surface area contributed by atoms with Crippen LogP contribution in [0.1, 0.15) is 50.2 Å². The van der Waals surface area contributed by atoms with Gasteiger partial charge in [0.25, 0.3) is 0 Å². The maximum Gasteiger partial charge on any atom is 0.423 e. The van der Waals surface area contributed by atoms with Crippen LogP contribution in [0.4, 0.5) is 4.79 Å². The largest absolute Gasteiger partial charge is 0.508 e. The van der Waals surface area contributed by atoms with E-state index in [9.17, 15) is 19.5 Å². The van der Waals surface area contributed by atoms with Crippen LogP contribution in [0.15, 0.2) is 59.7 Å². The number of aromatic hydroxyl groups is 1. The lowest BCUT2D eigenvalue weighted by atomic mass is 9.68. The molecule has 0 radical (unpaired) electrons. The van der Waals surface area contributed by atoms with Gasteiger partial charge in [-0.15, -0.1) is 0 Å². The Balaban J connectivity index is 1.44. The number of phenols is 1. The second-order valence-electron chi connectivity index (χ2n) is 10.3. The highest BCUT2D eigenvalue weighted by atomic mass is 35.5. The Bertz CT molecular complexity index is 1350. The van der Waals surface area contributed by atoms with E-state index < -0.39 is 29.7 Å². The molecular weight excluding hydrogens is 518 g/mol. The van der Waals surface area contributed by atoms with Crippen molar-refractivity contribution in [3.63, 3.8) is 0 Å². The molecule has 2 fully saturated rings.